The number of unbranched alkanes of at least 4 members (excludes halogenated alkanes) is 3. The summed E-state index contributed by atoms with van der Waals surface area (Å²) >= 11 is 0. The summed E-state index contributed by atoms with van der Waals surface area (Å²) in [7, 11) is 0. The lowest BCUT2D eigenvalue weighted by Gasteiger charge is -2.34. The van der Waals surface area contributed by atoms with Gasteiger partial charge in [0.15, 0.2) is 0 Å². The Morgan fingerprint density at radius 1 is 0.685 bits per heavy atom. The Bertz CT molecular complexity index is 3610. The number of carboxylic acids is 4. The van der Waals surface area contributed by atoms with Crippen LogP contribution in [-0.4, -0.2) is 165 Å². The van der Waals surface area contributed by atoms with Gasteiger partial charge >= 0.3 is 36.2 Å². The van der Waals surface area contributed by atoms with Crippen molar-refractivity contribution in [1.29, 1.82) is 0 Å². The molecule has 2 aromatic heterocycles. The highest BCUT2D eigenvalue weighted by atomic mass is 19.4. The Morgan fingerprint density at radius 3 is 1.78 bits per heavy atom. The molecule has 22 nitrogen and oxygen atoms in total. The number of nitrogens with zero attached hydrogens (tertiary/aromatic N) is 6. The third-order valence-corrected chi connectivity index (χ3v) is 16.6. The normalized spacial score (nSPS) is 16.6. The van der Waals surface area contributed by atoms with Crippen LogP contribution in [0, 0.1) is 6.92 Å². The summed E-state index contributed by atoms with van der Waals surface area (Å²) in [6.45, 7) is 6.37. The number of aromatic nitrogens is 4. The van der Waals surface area contributed by atoms with Crippen LogP contribution in [0.5, 0.6) is 0 Å². The van der Waals surface area contributed by atoms with Crippen molar-refractivity contribution in [1.82, 2.24) is 39.5 Å². The number of fused-ring (bicyclic) bond motifs is 8. The quantitative estimate of drug-likeness (QED) is 0.0262. The Hall–Kier alpha value is -8.95. The molecule has 89 heavy (non-hydrogen) atoms. The molecule has 1 aromatic carbocycles. The molecule has 0 spiro atoms. The van der Waals surface area contributed by atoms with E-state index in [0.29, 0.717) is 84.4 Å². The van der Waals surface area contributed by atoms with Gasteiger partial charge in [-0.2, -0.15) is 26.3 Å². The molecule has 3 aromatic rings. The van der Waals surface area contributed by atoms with Gasteiger partial charge in [0.25, 0.3) is 11.8 Å². The van der Waals surface area contributed by atoms with Crippen molar-refractivity contribution in [3.05, 3.63) is 104 Å². The van der Waals surface area contributed by atoms with E-state index in [1.165, 1.54) is 6.92 Å². The highest BCUT2D eigenvalue weighted by Gasteiger charge is 2.48. The van der Waals surface area contributed by atoms with Gasteiger partial charge in [0.1, 0.15) is 39.3 Å². The first-order valence-electron chi connectivity index (χ1n) is 28.6. The third kappa shape index (κ3) is 14.6. The lowest BCUT2D eigenvalue weighted by molar-refractivity contribution is -0.153. The Labute approximate surface area is 505 Å². The summed E-state index contributed by atoms with van der Waals surface area (Å²) in [6, 6.07) is 5.94. The molecule has 3 unspecified atom stereocenters. The molecular formula is C61H68F6N8O14. The van der Waals surface area contributed by atoms with Gasteiger partial charge in [-0.1, -0.05) is 53.0 Å². The number of rotatable bonds is 25. The largest absolute Gasteiger partial charge is 0.480 e. The van der Waals surface area contributed by atoms with Crippen LogP contribution in [-0.2, 0) is 62.6 Å². The SMILES string of the molecule is CCCCCCOC(C)C1=C(C)c2cc3[nH]c(c4c5[nH]c(cc6nc(cc1n2)C(C)=C6CC)c(C)c5C(=O)N(Cc1ccc(C(F)(F)F)cc1C(F)(F)F)C4=O)C(C)(CCC(=O)N(CC(=O)N(CC(=O)O)CC(=O)O)CC(=O)N(CC(=O)O)CC(=O)O)C3C. The van der Waals surface area contributed by atoms with E-state index in [1.807, 2.05) is 33.8 Å². The molecule has 4 aliphatic rings. The lowest BCUT2D eigenvalue weighted by atomic mass is 9.71. The number of H-pyrrole nitrogens is 2. The molecule has 8 bridgehead atoms. The lowest BCUT2D eigenvalue weighted by Crippen LogP contribution is -2.51. The summed E-state index contributed by atoms with van der Waals surface area (Å²) < 4.78 is 93.0. The fourth-order valence-corrected chi connectivity index (χ4v) is 11.6. The van der Waals surface area contributed by atoms with E-state index in [0.717, 1.165) is 36.8 Å². The Morgan fingerprint density at radius 2 is 1.24 bits per heavy atom. The molecule has 4 aliphatic heterocycles. The second-order valence-corrected chi connectivity index (χ2v) is 22.5. The number of allylic oxidation sites excluding steroid dienone is 3. The number of alkyl halides is 6. The molecule has 478 valence electrons. The zero-order valence-electron chi connectivity index (χ0n) is 50.0. The van der Waals surface area contributed by atoms with Crippen molar-refractivity contribution >= 4 is 86.7 Å². The van der Waals surface area contributed by atoms with Crippen LogP contribution in [0.2, 0.25) is 0 Å². The smallest absolute Gasteiger partial charge is 0.416 e. The van der Waals surface area contributed by atoms with Gasteiger partial charge in [0.2, 0.25) is 17.7 Å². The van der Waals surface area contributed by atoms with Crippen molar-refractivity contribution in [3.8, 4) is 0 Å². The van der Waals surface area contributed by atoms with Crippen molar-refractivity contribution < 1.29 is 94.7 Å². The van der Waals surface area contributed by atoms with Crippen molar-refractivity contribution in [2.75, 3.05) is 45.9 Å². The molecule has 0 saturated carbocycles. The Kier molecular flexibility index (Phi) is 20.3. The van der Waals surface area contributed by atoms with Crippen LogP contribution in [0.1, 0.15) is 176 Å². The fraction of sp³-hybridized carbons (Fsp3) is 0.459. The highest BCUT2D eigenvalue weighted by Crippen LogP contribution is 2.50. The second-order valence-electron chi connectivity index (χ2n) is 22.5. The van der Waals surface area contributed by atoms with E-state index in [-0.39, 0.29) is 39.5 Å². The number of hydrogen-bond donors (Lipinski definition) is 6. The number of hydrogen-bond acceptors (Lipinski definition) is 12. The molecule has 28 heteroatoms. The zero-order valence-corrected chi connectivity index (χ0v) is 50.0. The maximum atomic E-state index is 15.7. The van der Waals surface area contributed by atoms with Crippen molar-refractivity contribution in [3.63, 3.8) is 0 Å². The summed E-state index contributed by atoms with van der Waals surface area (Å²) in [5.74, 6) is -13.7. The summed E-state index contributed by atoms with van der Waals surface area (Å²) in [6.07, 6.45) is -8.15. The average Bonchev–Trinajstić information content (AvgIpc) is 1.62. The molecule has 5 amide bonds. The number of aryl methyl sites for hydroxylation is 1. The topological polar surface area (TPSA) is 314 Å². The summed E-state index contributed by atoms with van der Waals surface area (Å²) in [4.78, 5) is 139. The number of benzene rings is 1. The van der Waals surface area contributed by atoms with Crippen LogP contribution in [0.4, 0.5) is 26.3 Å². The number of aliphatic carboxylic acids is 4. The molecule has 7 rings (SSSR count). The first-order chi connectivity index (χ1) is 41.6. The number of carbonyl (C=O) groups is 9. The number of carboxylic acid groups (broad SMARTS) is 4. The first kappa shape index (κ1) is 67.6. The minimum atomic E-state index is -5.43. The summed E-state index contributed by atoms with van der Waals surface area (Å²) in [5, 5.41) is 38.3. The van der Waals surface area contributed by atoms with E-state index in [9.17, 15) is 80.3 Å². The van der Waals surface area contributed by atoms with Gasteiger partial charge in [-0.15, -0.1) is 0 Å². The van der Waals surface area contributed by atoms with E-state index in [4.69, 9.17) is 14.7 Å². The Balaban J connectivity index is 1.50. The number of halogens is 6. The van der Waals surface area contributed by atoms with E-state index in [2.05, 4.69) is 16.9 Å². The first-order valence-corrected chi connectivity index (χ1v) is 28.6. The molecule has 0 aliphatic carbocycles. The van der Waals surface area contributed by atoms with Crippen LogP contribution in [0.25, 0.3) is 33.3 Å². The zero-order chi connectivity index (χ0) is 65.9. The van der Waals surface area contributed by atoms with Crippen LogP contribution >= 0.6 is 0 Å². The molecule has 6 N–H and O–H groups in total. The molecule has 0 fully saturated rings. The number of carbonyl (C=O) groups excluding carboxylic acids is 5. The molecular weight excluding hydrogens is 1180 g/mol. The van der Waals surface area contributed by atoms with Gasteiger partial charge in [0.05, 0.1) is 63.2 Å². The molecule has 0 radical (unpaired) electrons. The van der Waals surface area contributed by atoms with Crippen molar-refractivity contribution in [2.45, 2.75) is 137 Å². The number of ether oxygens (including phenoxy) is 1. The van der Waals surface area contributed by atoms with Gasteiger partial charge in [-0.05, 0) is 105 Å². The minimum Gasteiger partial charge on any atom is -0.480 e. The minimum absolute atomic E-state index is 0.0585. The predicted molar refractivity (Wildman–Crippen MR) is 308 cm³/mol. The van der Waals surface area contributed by atoms with Crippen LogP contribution < -0.4 is 0 Å². The van der Waals surface area contributed by atoms with E-state index in [1.54, 1.807) is 26.0 Å². The van der Waals surface area contributed by atoms with Gasteiger partial charge in [-0.25, -0.2) is 9.97 Å². The monoisotopic (exact) mass is 1250 g/mol. The predicted octanol–water partition coefficient (Wildman–Crippen LogP) is 9.10. The van der Waals surface area contributed by atoms with Gasteiger partial charge < -0.3 is 49.8 Å². The van der Waals surface area contributed by atoms with E-state index >= 15 is 9.59 Å². The number of imide groups is 1. The van der Waals surface area contributed by atoms with Crippen molar-refractivity contribution in [2.24, 2.45) is 0 Å². The summed E-state index contributed by atoms with van der Waals surface area (Å²) in [5.41, 5.74) is -1.21. The fourth-order valence-electron chi connectivity index (χ4n) is 11.6. The molecule has 3 atom stereocenters. The highest BCUT2D eigenvalue weighted by molar-refractivity contribution is 6.23. The third-order valence-electron chi connectivity index (χ3n) is 16.6. The standard InChI is InChI=1S/C61H68F6N8O14/c1-9-11-12-13-18-89-34(7)52-31(4)40-20-42-33(6)59(8,17-16-45(76)72(24-46(77)73(26-48(79)80)27-49(81)82)25-47(78)74(28-50(83)84)29-51(85)86)56(71-42)54-55-53(32(5)41(70-55)21-43-37(10-2)30(3)39(68-43)22-44(52)69-40)57(87)75(58(54)88)23-35-14-15-36(60(62,63)64)19-38(35)61(65,66)67/h14-15,19-22,33-34,70-71H,9-13,16-18,23-29H2,1-8H3,(H,79,80)(H,81,82)(H,83,84)(H,85,86). The van der Waals surface area contributed by atoms with Crippen LogP contribution in [0.15, 0.2) is 36.4 Å². The van der Waals surface area contributed by atoms with Gasteiger partial charge in [-0.3, -0.25) is 48.1 Å². The van der Waals surface area contributed by atoms with Gasteiger partial charge in [0, 0.05) is 46.8 Å². The maximum Gasteiger partial charge on any atom is 0.416 e. The average molecular weight is 1250 g/mol. The maximum absolute atomic E-state index is 15.7. The number of nitrogens with one attached hydrogen (secondary N) is 2. The second kappa shape index (κ2) is 26.8. The molecule has 0 saturated heterocycles. The van der Waals surface area contributed by atoms with Crippen LogP contribution in [0.3, 0.4) is 0 Å². The molecule has 6 heterocycles. The number of amides is 5. The number of aromatic amines is 2. The van der Waals surface area contributed by atoms with E-state index < -0.39 is 159 Å².